The lowest BCUT2D eigenvalue weighted by Crippen LogP contribution is -2.21. The van der Waals surface area contributed by atoms with Crippen LogP contribution in [0.2, 0.25) is 0 Å². The molecular formula is C18H17N3O5S3. The predicted molar refractivity (Wildman–Crippen MR) is 114 cm³/mol. The minimum atomic E-state index is -3.80. The molecule has 1 heterocycles. The molecule has 0 radical (unpaired) electrons. The van der Waals surface area contributed by atoms with Crippen molar-refractivity contribution < 1.29 is 18.1 Å². The maximum Gasteiger partial charge on any atom is 0.270 e. The number of aryl methyl sites for hydroxylation is 1. The fourth-order valence-corrected chi connectivity index (χ4v) is 5.27. The van der Waals surface area contributed by atoms with E-state index in [9.17, 15) is 23.3 Å². The van der Waals surface area contributed by atoms with Gasteiger partial charge in [-0.15, -0.1) is 0 Å². The third-order valence-corrected chi connectivity index (χ3v) is 7.28. The first-order valence-corrected chi connectivity index (χ1v) is 12.3. The predicted octanol–water partition coefficient (Wildman–Crippen LogP) is 2.88. The minimum Gasteiger partial charge on any atom is -0.316 e. The lowest BCUT2D eigenvalue weighted by molar-refractivity contribution is -0.384. The highest BCUT2D eigenvalue weighted by Gasteiger charge is 2.19. The molecule has 0 saturated carbocycles. The summed E-state index contributed by atoms with van der Waals surface area (Å²) in [7, 11) is -3.80. The largest absolute Gasteiger partial charge is 0.316 e. The molecule has 1 amide bonds. The van der Waals surface area contributed by atoms with Crippen molar-refractivity contribution in [3.8, 4) is 0 Å². The number of hydrogen-bond acceptors (Lipinski definition) is 7. The van der Waals surface area contributed by atoms with E-state index in [0.29, 0.717) is 21.6 Å². The zero-order valence-electron chi connectivity index (χ0n) is 15.3. The van der Waals surface area contributed by atoms with Gasteiger partial charge in [-0.25, -0.2) is 8.42 Å². The molecule has 0 atom stereocenters. The first-order chi connectivity index (χ1) is 13.8. The Morgan fingerprint density at radius 3 is 2.62 bits per heavy atom. The maximum atomic E-state index is 12.4. The zero-order valence-corrected chi connectivity index (χ0v) is 17.8. The Balaban J connectivity index is 2.01. The Morgan fingerprint density at radius 2 is 1.97 bits per heavy atom. The summed E-state index contributed by atoms with van der Waals surface area (Å²) in [6.45, 7) is 0.538. The summed E-state index contributed by atoms with van der Waals surface area (Å²) in [5, 5.41) is 11.0. The molecule has 3 rings (SSSR count). The number of carbonyl (C=O) groups is 1. The second kappa shape index (κ2) is 8.89. The van der Waals surface area contributed by atoms with E-state index in [1.165, 1.54) is 24.3 Å². The fourth-order valence-electron chi connectivity index (χ4n) is 2.67. The summed E-state index contributed by atoms with van der Waals surface area (Å²) in [5.74, 6) is -0.784. The van der Waals surface area contributed by atoms with Crippen molar-refractivity contribution in [3.05, 3.63) is 63.4 Å². The van der Waals surface area contributed by atoms with Crippen molar-refractivity contribution in [1.82, 2.24) is 4.57 Å². The van der Waals surface area contributed by atoms with Gasteiger partial charge >= 0.3 is 0 Å². The Kier molecular flexibility index (Phi) is 6.50. The summed E-state index contributed by atoms with van der Waals surface area (Å²) in [5.41, 5.74) is 0.660. The lowest BCUT2D eigenvalue weighted by Gasteiger charge is -2.04. The zero-order chi connectivity index (χ0) is 21.0. The van der Waals surface area contributed by atoms with Crippen molar-refractivity contribution >= 4 is 54.7 Å². The second-order valence-corrected chi connectivity index (χ2v) is 10.0. The first kappa shape index (κ1) is 21.2. The number of aromatic nitrogens is 1. The lowest BCUT2D eigenvalue weighted by atomic mass is 10.3. The fraction of sp³-hybridized carbons (Fsp3) is 0.222. The van der Waals surface area contributed by atoms with Gasteiger partial charge < -0.3 is 4.57 Å². The first-order valence-electron chi connectivity index (χ1n) is 8.44. The number of thioether (sulfide) groups is 1. The number of nitro groups is 1. The van der Waals surface area contributed by atoms with Crippen molar-refractivity contribution in [2.24, 2.45) is 4.99 Å². The van der Waals surface area contributed by atoms with Gasteiger partial charge in [-0.2, -0.15) is 16.8 Å². The molecule has 1 aromatic heterocycles. The number of nitrogens with zero attached hydrogens (tertiary/aromatic N) is 3. The highest BCUT2D eigenvalue weighted by molar-refractivity contribution is 7.98. The number of carbonyl (C=O) groups excluding carboxylic acids is 1. The normalized spacial score (nSPS) is 12.4. The van der Waals surface area contributed by atoms with E-state index in [0.717, 1.165) is 17.1 Å². The van der Waals surface area contributed by atoms with E-state index < -0.39 is 26.4 Å². The van der Waals surface area contributed by atoms with Crippen LogP contribution in [0.25, 0.3) is 10.2 Å². The van der Waals surface area contributed by atoms with Gasteiger partial charge in [-0.1, -0.05) is 29.5 Å². The average molecular weight is 452 g/mol. The second-order valence-electron chi connectivity index (χ2n) is 6.02. The SMILES string of the molecule is CSCCn1c(=NC(=O)CS(=O)(=O)c2ccccc2)sc2cc([N+](=O)[O-])ccc21. The van der Waals surface area contributed by atoms with Crippen molar-refractivity contribution in [3.63, 3.8) is 0 Å². The highest BCUT2D eigenvalue weighted by Crippen LogP contribution is 2.23. The van der Waals surface area contributed by atoms with Gasteiger partial charge in [0.05, 0.1) is 20.0 Å². The van der Waals surface area contributed by atoms with Crippen LogP contribution in [0.1, 0.15) is 0 Å². The smallest absolute Gasteiger partial charge is 0.270 e. The minimum absolute atomic E-state index is 0.0553. The number of sulfone groups is 1. The van der Waals surface area contributed by atoms with Crippen LogP contribution in [0.3, 0.4) is 0 Å². The summed E-state index contributed by atoms with van der Waals surface area (Å²) in [4.78, 5) is 27.4. The number of rotatable bonds is 7. The van der Waals surface area contributed by atoms with Gasteiger partial charge in [0, 0.05) is 24.4 Å². The molecule has 0 aliphatic rings. The van der Waals surface area contributed by atoms with E-state index >= 15 is 0 Å². The van der Waals surface area contributed by atoms with Gasteiger partial charge in [-0.05, 0) is 24.5 Å². The van der Waals surface area contributed by atoms with Gasteiger partial charge in [0.1, 0.15) is 5.75 Å². The summed E-state index contributed by atoms with van der Waals surface area (Å²) < 4.78 is 27.2. The molecular weight excluding hydrogens is 434 g/mol. The quantitative estimate of drug-likeness (QED) is 0.403. The third-order valence-electron chi connectivity index (χ3n) is 4.03. The molecule has 0 aliphatic heterocycles. The van der Waals surface area contributed by atoms with Crippen LogP contribution in [0, 0.1) is 10.1 Å². The van der Waals surface area contributed by atoms with Crippen molar-refractivity contribution in [1.29, 1.82) is 0 Å². The molecule has 29 heavy (non-hydrogen) atoms. The van der Waals surface area contributed by atoms with E-state index in [4.69, 9.17) is 0 Å². The highest BCUT2D eigenvalue weighted by atomic mass is 32.2. The summed E-state index contributed by atoms with van der Waals surface area (Å²) in [6.07, 6.45) is 1.94. The molecule has 0 N–H and O–H groups in total. The van der Waals surface area contributed by atoms with Crippen LogP contribution in [0.4, 0.5) is 5.69 Å². The number of benzene rings is 2. The Labute approximate surface area is 175 Å². The molecule has 0 aliphatic carbocycles. The Bertz CT molecular complexity index is 1230. The number of non-ortho nitro benzene ring substituents is 1. The third kappa shape index (κ3) is 4.92. The Hall–Kier alpha value is -2.50. The van der Waals surface area contributed by atoms with Crippen LogP contribution >= 0.6 is 23.1 Å². The molecule has 8 nitrogen and oxygen atoms in total. The van der Waals surface area contributed by atoms with Crippen molar-refractivity contribution in [2.45, 2.75) is 11.4 Å². The van der Waals surface area contributed by atoms with E-state index in [2.05, 4.69) is 4.99 Å². The van der Waals surface area contributed by atoms with Crippen LogP contribution in [0.15, 0.2) is 58.4 Å². The number of amides is 1. The topological polar surface area (TPSA) is 112 Å². The summed E-state index contributed by atoms with van der Waals surface area (Å²) in [6, 6.07) is 12.2. The van der Waals surface area contributed by atoms with E-state index in [1.807, 2.05) is 6.26 Å². The van der Waals surface area contributed by atoms with Crippen LogP contribution < -0.4 is 4.80 Å². The monoisotopic (exact) mass is 451 g/mol. The average Bonchev–Trinajstić information content (AvgIpc) is 3.02. The summed E-state index contributed by atoms with van der Waals surface area (Å²) >= 11 is 2.73. The van der Waals surface area contributed by atoms with Crippen LogP contribution in [-0.2, 0) is 21.2 Å². The molecule has 0 fully saturated rings. The molecule has 0 spiro atoms. The molecule has 11 heteroatoms. The van der Waals surface area contributed by atoms with Gasteiger partial charge in [0.25, 0.3) is 11.6 Å². The van der Waals surface area contributed by atoms with Gasteiger partial charge in [0.2, 0.25) is 0 Å². The number of thiazole rings is 1. The number of nitro benzene ring substituents is 1. The van der Waals surface area contributed by atoms with Crippen LogP contribution in [-0.4, -0.2) is 41.6 Å². The molecule has 0 bridgehead atoms. The van der Waals surface area contributed by atoms with E-state index in [-0.39, 0.29) is 10.6 Å². The standard InChI is InChI=1S/C18H17N3O5S3/c1-27-10-9-20-15-8-7-13(21(23)24)11-16(15)28-18(20)19-17(22)12-29(25,26)14-5-3-2-4-6-14/h2-8,11H,9-10,12H2,1H3. The van der Waals surface area contributed by atoms with Gasteiger partial charge in [0.15, 0.2) is 14.6 Å². The molecule has 0 saturated heterocycles. The van der Waals surface area contributed by atoms with Gasteiger partial charge in [-0.3, -0.25) is 14.9 Å². The molecule has 152 valence electrons. The molecule has 0 unspecified atom stereocenters. The number of hydrogen-bond donors (Lipinski definition) is 0. The van der Waals surface area contributed by atoms with Crippen LogP contribution in [0.5, 0.6) is 0 Å². The molecule has 2 aromatic carbocycles. The molecule has 3 aromatic rings. The maximum absolute atomic E-state index is 12.4. The van der Waals surface area contributed by atoms with E-state index in [1.54, 1.807) is 40.6 Å². The van der Waals surface area contributed by atoms with Crippen molar-refractivity contribution in [2.75, 3.05) is 17.8 Å². The Morgan fingerprint density at radius 1 is 1.24 bits per heavy atom. The number of fused-ring (bicyclic) bond motifs is 1.